The summed E-state index contributed by atoms with van der Waals surface area (Å²) in [4.78, 5) is 22.0. The number of anilines is 1. The molecule has 27 heavy (non-hydrogen) atoms. The minimum atomic E-state index is -4.52. The summed E-state index contributed by atoms with van der Waals surface area (Å²) in [5.41, 5.74) is 0.105. The molecule has 0 aromatic heterocycles. The lowest BCUT2D eigenvalue weighted by molar-refractivity contribution is -0.384. The van der Waals surface area contributed by atoms with E-state index in [1.807, 2.05) is 0 Å². The molecule has 9 nitrogen and oxygen atoms in total. The number of benzene rings is 3. The first-order chi connectivity index (χ1) is 12.6. The van der Waals surface area contributed by atoms with Crippen LogP contribution < -0.4 is 5.32 Å². The second kappa shape index (κ2) is 6.67. The third-order valence-electron chi connectivity index (χ3n) is 3.78. The van der Waals surface area contributed by atoms with Crippen LogP contribution in [-0.2, 0) is 10.1 Å². The van der Waals surface area contributed by atoms with Gasteiger partial charge in [-0.1, -0.05) is 6.07 Å². The van der Waals surface area contributed by atoms with Gasteiger partial charge in [-0.3, -0.25) is 19.5 Å². The first-order valence-electron chi connectivity index (χ1n) is 7.45. The van der Waals surface area contributed by atoms with E-state index < -0.39 is 25.8 Å². The average molecular weight is 388 g/mol. The van der Waals surface area contributed by atoms with E-state index in [0.717, 1.165) is 18.2 Å². The summed E-state index contributed by atoms with van der Waals surface area (Å²) in [6.45, 7) is 0. The molecule has 0 aliphatic heterocycles. The van der Waals surface area contributed by atoms with Crippen molar-refractivity contribution in [1.82, 2.24) is 0 Å². The number of hydrogen-bond donors (Lipinski definition) is 3. The highest BCUT2D eigenvalue weighted by Crippen LogP contribution is 2.30. The molecule has 1 amide bonds. The van der Waals surface area contributed by atoms with E-state index in [4.69, 9.17) is 4.55 Å². The van der Waals surface area contributed by atoms with Crippen LogP contribution >= 0.6 is 0 Å². The highest BCUT2D eigenvalue weighted by molar-refractivity contribution is 7.85. The SMILES string of the molecule is O=C(Nc1ccc2c(O)cc(S(=O)(=O)O)cc2c1)c1cccc([N+](=O)[O-])c1. The number of amides is 1. The molecule has 3 rings (SSSR count). The fraction of sp³-hybridized carbons (Fsp3) is 0. The Hall–Kier alpha value is -3.50. The van der Waals surface area contributed by atoms with Gasteiger partial charge in [0.15, 0.2) is 0 Å². The number of aromatic hydroxyl groups is 1. The zero-order chi connectivity index (χ0) is 19.8. The summed E-state index contributed by atoms with van der Waals surface area (Å²) >= 11 is 0. The third kappa shape index (κ3) is 3.86. The first kappa shape index (κ1) is 18.3. The molecule has 0 saturated heterocycles. The van der Waals surface area contributed by atoms with Crippen LogP contribution in [-0.4, -0.2) is 28.9 Å². The number of carbonyl (C=O) groups is 1. The standard InChI is InChI=1S/C17H12N2O7S/c20-16-9-14(27(24,25)26)8-11-6-12(4-5-15(11)16)18-17(21)10-2-1-3-13(7-10)19(22)23/h1-9,20H,(H,18,21)(H,24,25,26). The normalized spacial score (nSPS) is 11.3. The number of carbonyl (C=O) groups excluding carboxylic acids is 1. The lowest BCUT2D eigenvalue weighted by atomic mass is 10.1. The van der Waals surface area contributed by atoms with Crippen molar-refractivity contribution in [3.8, 4) is 5.75 Å². The van der Waals surface area contributed by atoms with E-state index in [2.05, 4.69) is 5.32 Å². The largest absolute Gasteiger partial charge is 0.507 e. The first-order valence-corrected chi connectivity index (χ1v) is 8.89. The van der Waals surface area contributed by atoms with E-state index in [-0.39, 0.29) is 28.1 Å². The Bertz CT molecular complexity index is 1190. The molecule has 0 aliphatic rings. The Morgan fingerprint density at radius 1 is 1.07 bits per heavy atom. The minimum Gasteiger partial charge on any atom is -0.507 e. The fourth-order valence-electron chi connectivity index (χ4n) is 2.51. The Balaban J connectivity index is 1.96. The lowest BCUT2D eigenvalue weighted by Crippen LogP contribution is -2.12. The molecule has 138 valence electrons. The smallest absolute Gasteiger partial charge is 0.294 e. The topological polar surface area (TPSA) is 147 Å². The van der Waals surface area contributed by atoms with E-state index >= 15 is 0 Å². The molecule has 3 aromatic carbocycles. The number of nitrogens with zero attached hydrogens (tertiary/aromatic N) is 1. The van der Waals surface area contributed by atoms with Crippen molar-refractivity contribution < 1.29 is 27.8 Å². The minimum absolute atomic E-state index is 0.0684. The highest BCUT2D eigenvalue weighted by Gasteiger charge is 2.15. The van der Waals surface area contributed by atoms with Gasteiger partial charge in [-0.2, -0.15) is 8.42 Å². The Morgan fingerprint density at radius 3 is 2.48 bits per heavy atom. The number of nitro groups is 1. The Kier molecular flexibility index (Phi) is 4.52. The maximum Gasteiger partial charge on any atom is 0.294 e. The second-order valence-corrected chi connectivity index (χ2v) is 7.04. The average Bonchev–Trinajstić information content (AvgIpc) is 2.60. The Morgan fingerprint density at radius 2 is 1.81 bits per heavy atom. The van der Waals surface area contributed by atoms with Crippen molar-refractivity contribution in [3.63, 3.8) is 0 Å². The van der Waals surface area contributed by atoms with Gasteiger partial charge in [-0.25, -0.2) is 0 Å². The van der Waals surface area contributed by atoms with Crippen molar-refractivity contribution in [3.05, 3.63) is 70.3 Å². The summed E-state index contributed by atoms with van der Waals surface area (Å²) in [6.07, 6.45) is 0. The van der Waals surface area contributed by atoms with E-state index in [1.54, 1.807) is 0 Å². The summed E-state index contributed by atoms with van der Waals surface area (Å²) in [5.74, 6) is -0.954. The molecular formula is C17H12N2O7S. The number of phenolic OH excluding ortho intramolecular Hbond substituents is 1. The predicted octanol–water partition coefficient (Wildman–Crippen LogP) is 2.95. The molecule has 10 heteroatoms. The molecule has 3 N–H and O–H groups in total. The maximum atomic E-state index is 12.3. The van der Waals surface area contributed by atoms with Crippen LogP contribution in [0.3, 0.4) is 0 Å². The van der Waals surface area contributed by atoms with Gasteiger partial charge in [-0.15, -0.1) is 0 Å². The molecule has 0 heterocycles. The number of nitro benzene ring substituents is 1. The van der Waals surface area contributed by atoms with Gasteiger partial charge in [0.05, 0.1) is 9.82 Å². The van der Waals surface area contributed by atoms with Crippen LogP contribution in [0.1, 0.15) is 10.4 Å². The number of phenols is 1. The second-order valence-electron chi connectivity index (χ2n) is 5.61. The molecule has 0 saturated carbocycles. The molecule has 0 unspecified atom stereocenters. The highest BCUT2D eigenvalue weighted by atomic mass is 32.2. The maximum absolute atomic E-state index is 12.3. The molecule has 0 aliphatic carbocycles. The molecule has 0 spiro atoms. The molecule has 3 aromatic rings. The molecular weight excluding hydrogens is 376 g/mol. The van der Waals surface area contributed by atoms with E-state index in [9.17, 15) is 28.4 Å². The van der Waals surface area contributed by atoms with Gasteiger partial charge in [-0.05, 0) is 35.7 Å². The van der Waals surface area contributed by atoms with Crippen LogP contribution in [0.4, 0.5) is 11.4 Å². The Labute approximate surface area is 152 Å². The monoisotopic (exact) mass is 388 g/mol. The van der Waals surface area contributed by atoms with E-state index in [1.165, 1.54) is 36.4 Å². The van der Waals surface area contributed by atoms with Crippen molar-refractivity contribution >= 4 is 38.2 Å². The summed E-state index contributed by atoms with van der Waals surface area (Å²) in [7, 11) is -4.52. The number of fused-ring (bicyclic) bond motifs is 1. The molecule has 0 atom stereocenters. The summed E-state index contributed by atoms with van der Waals surface area (Å²) in [5, 5.41) is 23.8. The van der Waals surface area contributed by atoms with Crippen LogP contribution in [0.5, 0.6) is 5.75 Å². The lowest BCUT2D eigenvalue weighted by Gasteiger charge is -2.09. The quantitative estimate of drug-likeness (QED) is 0.354. The third-order valence-corrected chi connectivity index (χ3v) is 4.61. The van der Waals surface area contributed by atoms with Crippen LogP contribution in [0, 0.1) is 10.1 Å². The van der Waals surface area contributed by atoms with Gasteiger partial charge in [0.1, 0.15) is 5.75 Å². The van der Waals surface area contributed by atoms with Crippen LogP contribution in [0.15, 0.2) is 59.5 Å². The zero-order valence-electron chi connectivity index (χ0n) is 13.5. The van der Waals surface area contributed by atoms with Gasteiger partial charge < -0.3 is 10.4 Å². The van der Waals surface area contributed by atoms with Gasteiger partial charge in [0, 0.05) is 34.8 Å². The fourth-order valence-corrected chi connectivity index (χ4v) is 3.05. The molecule has 0 radical (unpaired) electrons. The number of rotatable bonds is 4. The van der Waals surface area contributed by atoms with Crippen molar-refractivity contribution in [2.75, 3.05) is 5.32 Å². The number of non-ortho nitro benzene ring substituents is 1. The van der Waals surface area contributed by atoms with Gasteiger partial charge in [0.25, 0.3) is 21.7 Å². The number of nitrogens with one attached hydrogen (secondary N) is 1. The van der Waals surface area contributed by atoms with Crippen LogP contribution in [0.2, 0.25) is 0 Å². The van der Waals surface area contributed by atoms with Gasteiger partial charge >= 0.3 is 0 Å². The predicted molar refractivity (Wildman–Crippen MR) is 96.5 cm³/mol. The molecule has 0 fully saturated rings. The summed E-state index contributed by atoms with van der Waals surface area (Å²) in [6, 6.07) is 11.6. The van der Waals surface area contributed by atoms with Crippen molar-refractivity contribution in [2.45, 2.75) is 4.90 Å². The van der Waals surface area contributed by atoms with E-state index in [0.29, 0.717) is 5.39 Å². The molecule has 0 bridgehead atoms. The van der Waals surface area contributed by atoms with Gasteiger partial charge in [0.2, 0.25) is 0 Å². The van der Waals surface area contributed by atoms with Crippen LogP contribution in [0.25, 0.3) is 10.8 Å². The zero-order valence-corrected chi connectivity index (χ0v) is 14.3. The van der Waals surface area contributed by atoms with Crippen molar-refractivity contribution in [2.24, 2.45) is 0 Å². The summed E-state index contributed by atoms with van der Waals surface area (Å²) < 4.78 is 31.7. The van der Waals surface area contributed by atoms with Crippen molar-refractivity contribution in [1.29, 1.82) is 0 Å². The number of hydrogen-bond acceptors (Lipinski definition) is 6.